The van der Waals surface area contributed by atoms with Gasteiger partial charge in [-0.1, -0.05) is 30.3 Å². The third-order valence-electron chi connectivity index (χ3n) is 5.57. The number of carbonyl (C=O) groups excluding carboxylic acids is 2. The fourth-order valence-corrected chi connectivity index (χ4v) is 3.80. The summed E-state index contributed by atoms with van der Waals surface area (Å²) >= 11 is 0. The molecule has 1 saturated heterocycles. The third-order valence-corrected chi connectivity index (χ3v) is 5.57. The van der Waals surface area contributed by atoms with E-state index in [4.69, 9.17) is 9.47 Å². The number of nitrogens with zero attached hydrogens (tertiary/aromatic N) is 1. The zero-order valence-corrected chi connectivity index (χ0v) is 18.8. The van der Waals surface area contributed by atoms with Crippen molar-refractivity contribution < 1.29 is 19.1 Å². The van der Waals surface area contributed by atoms with Crippen molar-refractivity contribution in [2.75, 3.05) is 5.32 Å². The van der Waals surface area contributed by atoms with Crippen molar-refractivity contribution in [3.63, 3.8) is 0 Å². The smallest absolute Gasteiger partial charge is 0.257 e. The molecule has 1 unspecified atom stereocenters. The number of anilines is 1. The Morgan fingerprint density at radius 2 is 1.60 bits per heavy atom. The van der Waals surface area contributed by atoms with Crippen LogP contribution in [-0.4, -0.2) is 16.8 Å². The molecule has 35 heavy (non-hydrogen) atoms. The molecular formula is C28H23N3O4. The van der Waals surface area contributed by atoms with Gasteiger partial charge in [0.15, 0.2) is 0 Å². The fourth-order valence-electron chi connectivity index (χ4n) is 3.80. The van der Waals surface area contributed by atoms with Crippen molar-refractivity contribution in [2.24, 2.45) is 0 Å². The summed E-state index contributed by atoms with van der Waals surface area (Å²) in [4.78, 5) is 28.4. The van der Waals surface area contributed by atoms with Gasteiger partial charge in [-0.05, 0) is 66.6 Å². The van der Waals surface area contributed by atoms with E-state index in [1.54, 1.807) is 24.3 Å². The van der Waals surface area contributed by atoms with Gasteiger partial charge in [-0.15, -0.1) is 0 Å². The topological polar surface area (TPSA) is 89.6 Å². The van der Waals surface area contributed by atoms with Crippen LogP contribution in [0.4, 0.5) is 5.69 Å². The molecule has 7 nitrogen and oxygen atoms in total. The van der Waals surface area contributed by atoms with Crippen molar-refractivity contribution in [3.8, 4) is 23.1 Å². The number of amides is 2. The molecule has 1 aliphatic rings. The van der Waals surface area contributed by atoms with Crippen molar-refractivity contribution in [1.29, 1.82) is 0 Å². The minimum Gasteiger partial charge on any atom is -0.457 e. The Kier molecular flexibility index (Phi) is 6.39. The summed E-state index contributed by atoms with van der Waals surface area (Å²) < 4.78 is 11.6. The summed E-state index contributed by atoms with van der Waals surface area (Å²) in [5, 5.41) is 5.82. The summed E-state index contributed by atoms with van der Waals surface area (Å²) in [5.41, 5.74) is 2.03. The maximum atomic E-state index is 12.7. The molecule has 4 aromatic rings. The Bertz CT molecular complexity index is 1320. The van der Waals surface area contributed by atoms with Crippen LogP contribution in [0, 0.1) is 0 Å². The standard InChI is InChI=1S/C28H23N3O4/c32-26-15-14-25(31-26)19-5-4-6-21(17-19)30-28(33)20-9-16-27(29-18-20)35-24-12-10-23(11-13-24)34-22-7-2-1-3-8-22/h1-13,16-18,25H,14-15H2,(H,30,33)(H,31,32). The first-order valence-electron chi connectivity index (χ1n) is 11.3. The van der Waals surface area contributed by atoms with Gasteiger partial charge in [-0.3, -0.25) is 9.59 Å². The van der Waals surface area contributed by atoms with E-state index in [1.165, 1.54) is 6.20 Å². The van der Waals surface area contributed by atoms with Crippen molar-refractivity contribution in [3.05, 3.63) is 108 Å². The third kappa shape index (κ3) is 5.65. The van der Waals surface area contributed by atoms with Crippen LogP contribution >= 0.6 is 0 Å². The monoisotopic (exact) mass is 465 g/mol. The van der Waals surface area contributed by atoms with Gasteiger partial charge >= 0.3 is 0 Å². The molecule has 174 valence electrons. The summed E-state index contributed by atoms with van der Waals surface area (Å²) in [5.74, 6) is 2.20. The van der Waals surface area contributed by atoms with Gasteiger partial charge < -0.3 is 20.1 Å². The Balaban J connectivity index is 1.18. The Morgan fingerprint density at radius 3 is 2.29 bits per heavy atom. The van der Waals surface area contributed by atoms with Gasteiger partial charge in [0.2, 0.25) is 11.8 Å². The average molecular weight is 466 g/mol. The molecule has 0 spiro atoms. The Labute approximate surface area is 202 Å². The molecule has 2 N–H and O–H groups in total. The summed E-state index contributed by atoms with van der Waals surface area (Å²) in [6.07, 6.45) is 2.75. The number of rotatable bonds is 7. The van der Waals surface area contributed by atoms with E-state index in [-0.39, 0.29) is 17.9 Å². The summed E-state index contributed by atoms with van der Waals surface area (Å²) in [6, 6.07) is 27.5. The van der Waals surface area contributed by atoms with E-state index in [1.807, 2.05) is 66.7 Å². The highest BCUT2D eigenvalue weighted by atomic mass is 16.5. The molecule has 1 aliphatic heterocycles. The minimum atomic E-state index is -0.279. The van der Waals surface area contributed by atoms with Gasteiger partial charge in [0, 0.05) is 24.4 Å². The molecular weight excluding hydrogens is 442 g/mol. The van der Waals surface area contributed by atoms with E-state index in [2.05, 4.69) is 15.6 Å². The van der Waals surface area contributed by atoms with Crippen molar-refractivity contribution in [1.82, 2.24) is 10.3 Å². The van der Waals surface area contributed by atoms with Crippen LogP contribution in [0.5, 0.6) is 23.1 Å². The van der Waals surface area contributed by atoms with Crippen molar-refractivity contribution in [2.45, 2.75) is 18.9 Å². The normalized spacial score (nSPS) is 14.7. The van der Waals surface area contributed by atoms with Gasteiger partial charge in [0.1, 0.15) is 17.2 Å². The summed E-state index contributed by atoms with van der Waals surface area (Å²) in [7, 11) is 0. The molecule has 1 atom stereocenters. The molecule has 5 rings (SSSR count). The molecule has 0 radical (unpaired) electrons. The van der Waals surface area contributed by atoms with E-state index >= 15 is 0 Å². The number of carbonyl (C=O) groups is 2. The zero-order chi connectivity index (χ0) is 24.0. The molecule has 3 aromatic carbocycles. The van der Waals surface area contributed by atoms with Crippen LogP contribution < -0.4 is 20.1 Å². The number of para-hydroxylation sites is 1. The van der Waals surface area contributed by atoms with Crippen LogP contribution in [0.25, 0.3) is 0 Å². The van der Waals surface area contributed by atoms with Gasteiger partial charge in [0.25, 0.3) is 5.91 Å². The summed E-state index contributed by atoms with van der Waals surface area (Å²) in [6.45, 7) is 0. The zero-order valence-electron chi connectivity index (χ0n) is 18.8. The minimum absolute atomic E-state index is 0.0172. The molecule has 0 bridgehead atoms. The molecule has 1 aromatic heterocycles. The number of aromatic nitrogens is 1. The molecule has 1 fully saturated rings. The maximum Gasteiger partial charge on any atom is 0.257 e. The number of ether oxygens (including phenoxy) is 2. The molecule has 0 aliphatic carbocycles. The number of pyridine rings is 1. The second kappa shape index (κ2) is 10.1. The van der Waals surface area contributed by atoms with E-state index < -0.39 is 0 Å². The number of hydrogen-bond donors (Lipinski definition) is 2. The second-order valence-corrected chi connectivity index (χ2v) is 8.11. The van der Waals surface area contributed by atoms with Gasteiger partial charge in [-0.25, -0.2) is 4.98 Å². The molecule has 2 heterocycles. The fraction of sp³-hybridized carbons (Fsp3) is 0.107. The molecule has 2 amide bonds. The van der Waals surface area contributed by atoms with Gasteiger partial charge in [-0.2, -0.15) is 0 Å². The lowest BCUT2D eigenvalue weighted by Gasteiger charge is -2.12. The number of nitrogens with one attached hydrogen (secondary N) is 2. The first-order chi connectivity index (χ1) is 17.1. The predicted molar refractivity (Wildman–Crippen MR) is 132 cm³/mol. The van der Waals surface area contributed by atoms with Crippen molar-refractivity contribution >= 4 is 17.5 Å². The largest absolute Gasteiger partial charge is 0.457 e. The quantitative estimate of drug-likeness (QED) is 0.356. The van der Waals surface area contributed by atoms with E-state index in [0.717, 1.165) is 17.7 Å². The highest BCUT2D eigenvalue weighted by molar-refractivity contribution is 6.04. The van der Waals surface area contributed by atoms with Crippen LogP contribution in [0.3, 0.4) is 0 Å². The first kappa shape index (κ1) is 22.2. The second-order valence-electron chi connectivity index (χ2n) is 8.11. The highest BCUT2D eigenvalue weighted by Gasteiger charge is 2.22. The predicted octanol–water partition coefficient (Wildman–Crippen LogP) is 5.87. The average Bonchev–Trinajstić information content (AvgIpc) is 3.33. The van der Waals surface area contributed by atoms with Crippen LogP contribution in [-0.2, 0) is 4.79 Å². The highest BCUT2D eigenvalue weighted by Crippen LogP contribution is 2.27. The van der Waals surface area contributed by atoms with E-state index in [0.29, 0.717) is 35.1 Å². The lowest BCUT2D eigenvalue weighted by molar-refractivity contribution is -0.119. The molecule has 7 heteroatoms. The first-order valence-corrected chi connectivity index (χ1v) is 11.3. The Morgan fingerprint density at radius 1 is 0.857 bits per heavy atom. The Hall–Kier alpha value is -4.65. The number of benzene rings is 3. The maximum absolute atomic E-state index is 12.7. The van der Waals surface area contributed by atoms with Crippen LogP contribution in [0.2, 0.25) is 0 Å². The lowest BCUT2D eigenvalue weighted by atomic mass is 10.0. The van der Waals surface area contributed by atoms with Gasteiger partial charge in [0.05, 0.1) is 11.6 Å². The lowest BCUT2D eigenvalue weighted by Crippen LogP contribution is -2.18. The SMILES string of the molecule is O=C1CCC(c2cccc(NC(=O)c3ccc(Oc4ccc(Oc5ccccc5)cc4)nc3)c2)N1. The number of hydrogen-bond acceptors (Lipinski definition) is 5. The molecule has 0 saturated carbocycles. The van der Waals surface area contributed by atoms with Crippen LogP contribution in [0.1, 0.15) is 34.8 Å². The van der Waals surface area contributed by atoms with Crippen LogP contribution in [0.15, 0.2) is 97.2 Å². The van der Waals surface area contributed by atoms with E-state index in [9.17, 15) is 9.59 Å².